The second-order valence-corrected chi connectivity index (χ2v) is 5.78. The van der Waals surface area contributed by atoms with Crippen LogP contribution < -0.4 is 9.88 Å². The van der Waals surface area contributed by atoms with Crippen LogP contribution in [0.15, 0.2) is 23.1 Å². The molecule has 1 rings (SSSR count). The summed E-state index contributed by atoms with van der Waals surface area (Å²) < 4.78 is 33.4. The van der Waals surface area contributed by atoms with E-state index >= 15 is 0 Å². The number of hydrogen-bond donors (Lipinski definition) is 1. The molecule has 2 N–H and O–H groups in total. The molecule has 1 aromatic rings. The summed E-state index contributed by atoms with van der Waals surface area (Å²) in [5, 5.41) is 15.7. The van der Waals surface area contributed by atoms with Gasteiger partial charge in [0.15, 0.2) is 0 Å². The average molecular weight is 318 g/mol. The van der Waals surface area contributed by atoms with Crippen LogP contribution in [0.1, 0.15) is 19.8 Å². The summed E-state index contributed by atoms with van der Waals surface area (Å²) in [6.45, 7) is 3.06. The highest BCUT2D eigenvalue weighted by Gasteiger charge is 2.20. The largest absolute Gasteiger partial charge is 0.490 e. The first-order valence-corrected chi connectivity index (χ1v) is 7.92. The number of sulfonamides is 1. The molecular weight excluding hydrogens is 300 g/mol. The first-order valence-electron chi connectivity index (χ1n) is 6.38. The summed E-state index contributed by atoms with van der Waals surface area (Å²) in [5.41, 5.74) is -0.370. The number of ether oxygens (including phenoxy) is 2. The molecule has 0 amide bonds. The van der Waals surface area contributed by atoms with E-state index in [9.17, 15) is 18.5 Å². The summed E-state index contributed by atoms with van der Waals surface area (Å²) in [5.74, 6) is -0.0257. The summed E-state index contributed by atoms with van der Waals surface area (Å²) in [4.78, 5) is 9.55. The van der Waals surface area contributed by atoms with Crippen molar-refractivity contribution in [1.29, 1.82) is 0 Å². The number of nitro benzene ring substituents is 1. The van der Waals surface area contributed by atoms with Crippen molar-refractivity contribution in [3.05, 3.63) is 28.3 Å². The first kappa shape index (κ1) is 17.3. The molecule has 0 aliphatic heterocycles. The number of unbranched alkanes of at least 4 members (excludes halogenated alkanes) is 1. The van der Waals surface area contributed by atoms with Crippen LogP contribution in [0.25, 0.3) is 0 Å². The number of rotatable bonds is 9. The highest BCUT2D eigenvalue weighted by atomic mass is 32.2. The molecule has 0 heterocycles. The smallest absolute Gasteiger partial charge is 0.271 e. The molecule has 118 valence electrons. The van der Waals surface area contributed by atoms with E-state index in [-0.39, 0.29) is 18.0 Å². The molecule has 9 heteroatoms. The van der Waals surface area contributed by atoms with Gasteiger partial charge in [0.25, 0.3) is 5.69 Å². The number of benzene rings is 1. The minimum absolute atomic E-state index is 0.0257. The Kier molecular flexibility index (Phi) is 6.53. The Morgan fingerprint density at radius 3 is 2.57 bits per heavy atom. The van der Waals surface area contributed by atoms with Crippen LogP contribution in [-0.4, -0.2) is 33.2 Å². The van der Waals surface area contributed by atoms with Crippen LogP contribution >= 0.6 is 0 Å². The maximum Gasteiger partial charge on any atom is 0.271 e. The molecule has 0 radical (unpaired) electrons. The molecule has 0 aromatic heterocycles. The van der Waals surface area contributed by atoms with E-state index in [1.54, 1.807) is 0 Å². The molecule has 8 nitrogen and oxygen atoms in total. The second kappa shape index (κ2) is 7.91. The zero-order valence-electron chi connectivity index (χ0n) is 11.6. The van der Waals surface area contributed by atoms with E-state index in [4.69, 9.17) is 14.6 Å². The number of hydrogen-bond acceptors (Lipinski definition) is 6. The van der Waals surface area contributed by atoms with E-state index in [0.29, 0.717) is 13.2 Å². The predicted octanol–water partition coefficient (Wildman–Crippen LogP) is 1.44. The number of nitro groups is 1. The monoisotopic (exact) mass is 318 g/mol. The third-order valence-corrected chi connectivity index (χ3v) is 3.50. The quantitative estimate of drug-likeness (QED) is 0.417. The van der Waals surface area contributed by atoms with Crippen molar-refractivity contribution in [3.8, 4) is 5.75 Å². The van der Waals surface area contributed by atoms with Gasteiger partial charge in [-0.3, -0.25) is 10.1 Å². The normalized spacial score (nSPS) is 11.3. The van der Waals surface area contributed by atoms with Crippen LogP contribution in [0.4, 0.5) is 5.69 Å². The van der Waals surface area contributed by atoms with Gasteiger partial charge in [0, 0.05) is 18.7 Å². The topological polar surface area (TPSA) is 122 Å². The Morgan fingerprint density at radius 2 is 2.00 bits per heavy atom. The van der Waals surface area contributed by atoms with Gasteiger partial charge >= 0.3 is 0 Å². The van der Waals surface area contributed by atoms with Crippen molar-refractivity contribution in [2.45, 2.75) is 24.7 Å². The Balaban J connectivity index is 2.75. The summed E-state index contributed by atoms with van der Waals surface area (Å²) in [7, 11) is -4.11. The van der Waals surface area contributed by atoms with Crippen molar-refractivity contribution in [1.82, 2.24) is 0 Å². The highest BCUT2D eigenvalue weighted by molar-refractivity contribution is 7.89. The number of nitrogens with zero attached hydrogens (tertiary/aromatic N) is 1. The average Bonchev–Trinajstić information content (AvgIpc) is 2.41. The van der Waals surface area contributed by atoms with E-state index in [0.717, 1.165) is 25.0 Å². The van der Waals surface area contributed by atoms with E-state index in [2.05, 4.69) is 0 Å². The molecule has 0 saturated carbocycles. The van der Waals surface area contributed by atoms with Gasteiger partial charge < -0.3 is 9.47 Å². The van der Waals surface area contributed by atoms with Crippen LogP contribution in [-0.2, 0) is 14.8 Å². The molecular formula is C12H18N2O6S. The van der Waals surface area contributed by atoms with Gasteiger partial charge in [0.05, 0.1) is 11.5 Å². The maximum absolute atomic E-state index is 11.4. The Labute approximate surface area is 123 Å². The fraction of sp³-hybridized carbons (Fsp3) is 0.500. The van der Waals surface area contributed by atoms with Gasteiger partial charge in [0.1, 0.15) is 17.3 Å². The second-order valence-electron chi connectivity index (χ2n) is 4.25. The number of nitrogens with two attached hydrogens (primary N) is 1. The SMILES string of the molecule is CCCCOCCOc1ccc([N+](=O)[O-])cc1S(N)(=O)=O. The predicted molar refractivity (Wildman–Crippen MR) is 75.7 cm³/mol. The zero-order valence-corrected chi connectivity index (χ0v) is 12.5. The summed E-state index contributed by atoms with van der Waals surface area (Å²) >= 11 is 0. The van der Waals surface area contributed by atoms with E-state index in [1.165, 1.54) is 6.07 Å². The Bertz CT molecular complexity index is 587. The highest BCUT2D eigenvalue weighted by Crippen LogP contribution is 2.27. The molecule has 1 aromatic carbocycles. The van der Waals surface area contributed by atoms with Gasteiger partial charge in [0.2, 0.25) is 10.0 Å². The summed E-state index contributed by atoms with van der Waals surface area (Å²) in [6.07, 6.45) is 1.94. The van der Waals surface area contributed by atoms with Gasteiger partial charge in [-0.2, -0.15) is 0 Å². The molecule has 0 aliphatic rings. The van der Waals surface area contributed by atoms with Gasteiger partial charge in [-0.1, -0.05) is 13.3 Å². The maximum atomic E-state index is 11.4. The lowest BCUT2D eigenvalue weighted by atomic mass is 10.3. The van der Waals surface area contributed by atoms with E-state index < -0.39 is 19.8 Å². The lowest BCUT2D eigenvalue weighted by molar-refractivity contribution is -0.385. The summed E-state index contributed by atoms with van der Waals surface area (Å²) in [6, 6.07) is 3.24. The molecule has 21 heavy (non-hydrogen) atoms. The molecule has 0 fully saturated rings. The van der Waals surface area contributed by atoms with Crippen LogP contribution in [0.5, 0.6) is 5.75 Å². The fourth-order valence-corrected chi connectivity index (χ4v) is 2.20. The number of primary sulfonamides is 1. The molecule has 0 saturated heterocycles. The molecule has 0 aliphatic carbocycles. The lowest BCUT2D eigenvalue weighted by Gasteiger charge is -2.10. The van der Waals surface area contributed by atoms with E-state index in [1.807, 2.05) is 6.92 Å². The molecule has 0 spiro atoms. The third-order valence-electron chi connectivity index (χ3n) is 2.57. The third kappa shape index (κ3) is 5.66. The standard InChI is InChI=1S/C12H18N2O6S/c1-2-3-6-19-7-8-20-11-5-4-10(14(15)16)9-12(11)21(13,17)18/h4-5,9H,2-3,6-8H2,1H3,(H2,13,17,18). The van der Waals surface area contributed by atoms with Crippen molar-refractivity contribution in [2.24, 2.45) is 5.14 Å². The first-order chi connectivity index (χ1) is 9.86. The van der Waals surface area contributed by atoms with Gasteiger partial charge in [-0.05, 0) is 12.5 Å². The minimum atomic E-state index is -4.11. The Hall–Kier alpha value is -1.71. The molecule has 0 bridgehead atoms. The lowest BCUT2D eigenvalue weighted by Crippen LogP contribution is -2.15. The van der Waals surface area contributed by atoms with Crippen molar-refractivity contribution in [2.75, 3.05) is 19.8 Å². The fourth-order valence-electron chi connectivity index (χ4n) is 1.51. The van der Waals surface area contributed by atoms with Crippen molar-refractivity contribution in [3.63, 3.8) is 0 Å². The van der Waals surface area contributed by atoms with Crippen molar-refractivity contribution < 1.29 is 22.8 Å². The Morgan fingerprint density at radius 1 is 1.29 bits per heavy atom. The molecule has 0 unspecified atom stereocenters. The van der Waals surface area contributed by atoms with Crippen LogP contribution in [0.3, 0.4) is 0 Å². The molecule has 0 atom stereocenters. The van der Waals surface area contributed by atoms with Crippen molar-refractivity contribution >= 4 is 15.7 Å². The number of non-ortho nitro benzene ring substituents is 1. The zero-order chi connectivity index (χ0) is 15.9. The van der Waals surface area contributed by atoms with Gasteiger partial charge in [-0.15, -0.1) is 0 Å². The minimum Gasteiger partial charge on any atom is -0.490 e. The van der Waals surface area contributed by atoms with Gasteiger partial charge in [-0.25, -0.2) is 13.6 Å². The van der Waals surface area contributed by atoms with Crippen LogP contribution in [0.2, 0.25) is 0 Å². The van der Waals surface area contributed by atoms with Crippen LogP contribution in [0, 0.1) is 10.1 Å².